The molecule has 4 rings (SSSR count). The molecule has 190 valence electrons. The van der Waals surface area contributed by atoms with Gasteiger partial charge in [0.1, 0.15) is 6.61 Å². The number of ether oxygens (including phenoxy) is 2. The highest BCUT2D eigenvalue weighted by Crippen LogP contribution is 2.43. The molecule has 8 nitrogen and oxygen atoms in total. The summed E-state index contributed by atoms with van der Waals surface area (Å²) in [5, 5.41) is 0.498. The van der Waals surface area contributed by atoms with Crippen molar-refractivity contribution in [3.05, 3.63) is 29.3 Å². The number of hydrogen-bond donors (Lipinski definition) is 0. The Morgan fingerprint density at radius 3 is 2.50 bits per heavy atom. The molecule has 2 heterocycles. The lowest BCUT2D eigenvalue weighted by Gasteiger charge is -2.42. The van der Waals surface area contributed by atoms with Gasteiger partial charge in [-0.3, -0.25) is 4.90 Å². The average molecular weight is 514 g/mol. The number of methoxy groups -OCH3 is 1. The summed E-state index contributed by atoms with van der Waals surface area (Å²) in [6.45, 7) is 5.72. The number of carbonyl (C=O) groups is 1. The minimum Gasteiger partial charge on any atom is -0.448 e. The number of amides is 1. The van der Waals surface area contributed by atoms with Gasteiger partial charge in [-0.2, -0.15) is 4.31 Å². The molecule has 10 heteroatoms. The van der Waals surface area contributed by atoms with Crippen molar-refractivity contribution in [2.24, 2.45) is 5.92 Å². The Morgan fingerprint density at radius 2 is 1.85 bits per heavy atom. The molecule has 3 fully saturated rings. The minimum absolute atomic E-state index is 0.0255. The van der Waals surface area contributed by atoms with Crippen LogP contribution < -0.4 is 0 Å². The summed E-state index contributed by atoms with van der Waals surface area (Å²) in [4.78, 5) is 17.2. The second kappa shape index (κ2) is 11.1. The number of sulfonamides is 1. The van der Waals surface area contributed by atoms with Crippen molar-refractivity contribution in [1.82, 2.24) is 14.1 Å². The average Bonchev–Trinajstić information content (AvgIpc) is 3.67. The van der Waals surface area contributed by atoms with E-state index >= 15 is 0 Å². The van der Waals surface area contributed by atoms with Crippen molar-refractivity contribution in [3.8, 4) is 0 Å². The van der Waals surface area contributed by atoms with Crippen molar-refractivity contribution in [1.29, 1.82) is 0 Å². The fourth-order valence-electron chi connectivity index (χ4n) is 5.25. The quantitative estimate of drug-likeness (QED) is 0.529. The third-order valence-electron chi connectivity index (χ3n) is 7.24. The maximum atomic E-state index is 13.7. The van der Waals surface area contributed by atoms with Gasteiger partial charge in [0.15, 0.2) is 0 Å². The summed E-state index contributed by atoms with van der Waals surface area (Å²) < 4.78 is 39.9. The summed E-state index contributed by atoms with van der Waals surface area (Å²) in [5.74, 6) is 0.390. The summed E-state index contributed by atoms with van der Waals surface area (Å²) in [5.41, 5.74) is 0. The van der Waals surface area contributed by atoms with Crippen LogP contribution >= 0.6 is 11.6 Å². The van der Waals surface area contributed by atoms with Crippen LogP contribution in [0.15, 0.2) is 29.2 Å². The molecule has 0 radical (unpaired) electrons. The van der Waals surface area contributed by atoms with Crippen LogP contribution in [0.3, 0.4) is 0 Å². The molecule has 0 aromatic heterocycles. The number of carbonyl (C=O) groups excluding carboxylic acids is 1. The predicted molar refractivity (Wildman–Crippen MR) is 130 cm³/mol. The Morgan fingerprint density at radius 1 is 1.12 bits per heavy atom. The van der Waals surface area contributed by atoms with Crippen molar-refractivity contribution in [3.63, 3.8) is 0 Å². The van der Waals surface area contributed by atoms with E-state index in [4.69, 9.17) is 21.1 Å². The Kier molecular flexibility index (Phi) is 8.40. The summed E-state index contributed by atoms with van der Waals surface area (Å²) in [6.07, 6.45) is 4.20. The number of rotatable bonds is 8. The van der Waals surface area contributed by atoms with E-state index in [1.807, 2.05) is 6.92 Å². The molecule has 0 unspecified atom stereocenters. The Hall–Kier alpha value is -1.39. The fourth-order valence-corrected chi connectivity index (χ4v) is 7.29. The van der Waals surface area contributed by atoms with Gasteiger partial charge in [0.2, 0.25) is 10.0 Å². The highest BCUT2D eigenvalue weighted by molar-refractivity contribution is 7.89. The largest absolute Gasteiger partial charge is 0.448 e. The van der Waals surface area contributed by atoms with Crippen molar-refractivity contribution >= 4 is 27.7 Å². The smallest absolute Gasteiger partial charge is 0.410 e. The van der Waals surface area contributed by atoms with E-state index in [1.54, 1.807) is 40.6 Å². The first-order chi connectivity index (χ1) is 16.3. The molecule has 1 aromatic rings. The molecular weight excluding hydrogens is 478 g/mol. The van der Waals surface area contributed by atoms with Crippen molar-refractivity contribution in [2.75, 3.05) is 46.5 Å². The normalized spacial score (nSPS) is 27.0. The zero-order chi connectivity index (χ0) is 24.3. The fraction of sp³-hybridized carbons (Fsp3) is 0.708. The SMILES string of the molecule is COCCN1CCN(C(=O)OC[C@@H]2CCC[C@H](C3CC3)N2S(=O)(=O)c2ccc(Cl)cc2)[C@@H](C)C1. The highest BCUT2D eigenvalue weighted by Gasteiger charge is 2.46. The molecular formula is C24H36ClN3O5S. The van der Waals surface area contributed by atoms with E-state index in [2.05, 4.69) is 4.90 Å². The third kappa shape index (κ3) is 5.87. The predicted octanol–water partition coefficient (Wildman–Crippen LogP) is 3.45. The van der Waals surface area contributed by atoms with E-state index < -0.39 is 10.0 Å². The second-order valence-electron chi connectivity index (χ2n) is 9.69. The summed E-state index contributed by atoms with van der Waals surface area (Å²) >= 11 is 5.99. The van der Waals surface area contributed by atoms with Crippen LogP contribution in [0.2, 0.25) is 5.02 Å². The van der Waals surface area contributed by atoms with Gasteiger partial charge in [-0.05, 0) is 62.8 Å². The first-order valence-corrected chi connectivity index (χ1v) is 14.1. The van der Waals surface area contributed by atoms with Crippen LogP contribution in [-0.2, 0) is 19.5 Å². The zero-order valence-electron chi connectivity index (χ0n) is 20.1. The molecule has 0 spiro atoms. The topological polar surface area (TPSA) is 79.4 Å². The molecule has 1 aromatic carbocycles. The molecule has 3 atom stereocenters. The van der Waals surface area contributed by atoms with Gasteiger partial charge < -0.3 is 14.4 Å². The highest BCUT2D eigenvalue weighted by atomic mass is 35.5. The van der Waals surface area contributed by atoms with Crippen LogP contribution in [0, 0.1) is 5.92 Å². The van der Waals surface area contributed by atoms with E-state index in [0.29, 0.717) is 30.5 Å². The maximum Gasteiger partial charge on any atom is 0.410 e. The minimum atomic E-state index is -3.73. The Balaban J connectivity index is 1.43. The van der Waals surface area contributed by atoms with E-state index in [0.717, 1.165) is 45.3 Å². The molecule has 3 aliphatic rings. The molecule has 0 N–H and O–H groups in total. The van der Waals surface area contributed by atoms with E-state index in [1.165, 1.54) is 0 Å². The lowest BCUT2D eigenvalue weighted by atomic mass is 9.96. The van der Waals surface area contributed by atoms with Gasteiger partial charge in [0, 0.05) is 50.4 Å². The van der Waals surface area contributed by atoms with Gasteiger partial charge in [-0.25, -0.2) is 13.2 Å². The van der Waals surface area contributed by atoms with Crippen LogP contribution in [0.5, 0.6) is 0 Å². The van der Waals surface area contributed by atoms with Crippen molar-refractivity contribution < 1.29 is 22.7 Å². The summed E-state index contributed by atoms with van der Waals surface area (Å²) in [7, 11) is -2.04. The number of piperazine rings is 1. The lowest BCUT2D eigenvalue weighted by molar-refractivity contribution is 0.0266. The Bertz CT molecular complexity index is 940. The number of piperidine rings is 1. The molecule has 1 saturated carbocycles. The standard InChI is InChI=1S/C24H36ClN3O5S/c1-18-16-26(14-15-32-2)12-13-27(18)24(29)33-17-21-4-3-5-23(19-6-7-19)28(21)34(30,31)22-10-8-20(25)9-11-22/h8-11,18-19,21,23H,3-7,12-17H2,1-2H3/t18-,21-,23+/m0/s1. The van der Waals surface area contributed by atoms with Gasteiger partial charge in [0.05, 0.1) is 17.5 Å². The van der Waals surface area contributed by atoms with E-state index in [-0.39, 0.29) is 35.7 Å². The molecule has 34 heavy (non-hydrogen) atoms. The monoisotopic (exact) mass is 513 g/mol. The Labute approximate surface area is 208 Å². The maximum absolute atomic E-state index is 13.7. The molecule has 2 aliphatic heterocycles. The van der Waals surface area contributed by atoms with Gasteiger partial charge >= 0.3 is 6.09 Å². The van der Waals surface area contributed by atoms with Crippen LogP contribution in [0.1, 0.15) is 39.0 Å². The van der Waals surface area contributed by atoms with Crippen LogP contribution in [-0.4, -0.2) is 93.2 Å². The van der Waals surface area contributed by atoms with Crippen LogP contribution in [0.4, 0.5) is 4.79 Å². The third-order valence-corrected chi connectivity index (χ3v) is 9.48. The first-order valence-electron chi connectivity index (χ1n) is 12.2. The van der Waals surface area contributed by atoms with Gasteiger partial charge in [-0.15, -0.1) is 0 Å². The second-order valence-corrected chi connectivity index (χ2v) is 12.0. The zero-order valence-corrected chi connectivity index (χ0v) is 21.6. The van der Waals surface area contributed by atoms with Crippen LogP contribution in [0.25, 0.3) is 0 Å². The molecule has 1 amide bonds. The first kappa shape index (κ1) is 25.7. The van der Waals surface area contributed by atoms with Gasteiger partial charge in [-0.1, -0.05) is 18.0 Å². The number of nitrogens with zero attached hydrogens (tertiary/aromatic N) is 3. The molecule has 0 bridgehead atoms. The summed E-state index contributed by atoms with van der Waals surface area (Å²) in [6, 6.07) is 5.95. The lowest BCUT2D eigenvalue weighted by Crippen LogP contribution is -2.56. The number of halogens is 1. The van der Waals surface area contributed by atoms with E-state index in [9.17, 15) is 13.2 Å². The molecule has 2 saturated heterocycles. The van der Waals surface area contributed by atoms with Gasteiger partial charge in [0.25, 0.3) is 0 Å². The number of benzene rings is 1. The number of hydrogen-bond acceptors (Lipinski definition) is 6. The van der Waals surface area contributed by atoms with Crippen molar-refractivity contribution in [2.45, 2.75) is 62.0 Å². The molecule has 1 aliphatic carbocycles.